The molecule has 308 valence electrons. The fourth-order valence-corrected chi connectivity index (χ4v) is 8.32. The zero-order valence-corrected chi connectivity index (χ0v) is 32.1. The van der Waals surface area contributed by atoms with Crippen LogP contribution in [0.25, 0.3) is 10.2 Å². The van der Waals surface area contributed by atoms with Crippen molar-refractivity contribution in [3.8, 4) is 5.75 Å². The second-order valence-electron chi connectivity index (χ2n) is 12.7. The van der Waals surface area contributed by atoms with Gasteiger partial charge in [-0.05, 0) is 44.4 Å². The molecule has 56 heavy (non-hydrogen) atoms. The SMILES string of the molecule is Cc1nc(C(=O)N2CCOC3(CCN(CCc4ccc(N(C)C[C@H](O)c5ccc(O)c6[nH]c(=O)sc56)s4)CC3)C2)cs1.O=C(O)C(F)(F)F.O=C(O)C(F)(F)F. The van der Waals surface area contributed by atoms with Gasteiger partial charge in [0.2, 0.25) is 0 Å². The first-order chi connectivity index (χ1) is 26.1. The number of aromatic amines is 1. The second kappa shape index (κ2) is 18.3. The Kier molecular flexibility index (Phi) is 14.5. The van der Waals surface area contributed by atoms with Gasteiger partial charge in [-0.3, -0.25) is 9.59 Å². The molecule has 1 amide bonds. The van der Waals surface area contributed by atoms with E-state index in [2.05, 4.69) is 27.0 Å². The number of likely N-dealkylation sites (N-methyl/N-ethyl adjacent to an activating group) is 1. The Hall–Kier alpha value is -4.29. The molecule has 2 aliphatic rings. The van der Waals surface area contributed by atoms with Crippen LogP contribution in [0.5, 0.6) is 5.75 Å². The molecule has 14 nitrogen and oxygen atoms in total. The van der Waals surface area contributed by atoms with Crippen LogP contribution in [0.3, 0.4) is 0 Å². The summed E-state index contributed by atoms with van der Waals surface area (Å²) in [5, 5.41) is 39.1. The average Bonchev–Trinajstić information content (AvgIpc) is 3.88. The largest absolute Gasteiger partial charge is 0.506 e. The number of fused-ring (bicyclic) bond motifs is 1. The maximum Gasteiger partial charge on any atom is 0.490 e. The second-order valence-corrected chi connectivity index (χ2v) is 15.9. The predicted molar refractivity (Wildman–Crippen MR) is 195 cm³/mol. The van der Waals surface area contributed by atoms with Crippen molar-refractivity contribution in [3.05, 3.63) is 60.5 Å². The lowest BCUT2D eigenvalue weighted by Gasteiger charge is -2.47. The highest BCUT2D eigenvalue weighted by Gasteiger charge is 2.42. The van der Waals surface area contributed by atoms with E-state index < -0.39 is 30.4 Å². The van der Waals surface area contributed by atoms with Gasteiger partial charge in [0.05, 0.1) is 39.6 Å². The van der Waals surface area contributed by atoms with Gasteiger partial charge in [0.15, 0.2) is 0 Å². The smallest absolute Gasteiger partial charge is 0.490 e. The summed E-state index contributed by atoms with van der Waals surface area (Å²) in [6.45, 7) is 6.93. The number of aliphatic hydroxyl groups is 1. The van der Waals surface area contributed by atoms with Crippen molar-refractivity contribution in [2.75, 3.05) is 57.8 Å². The fourth-order valence-electron chi connectivity index (χ4n) is 5.85. The van der Waals surface area contributed by atoms with Crippen molar-refractivity contribution in [1.82, 2.24) is 19.8 Å². The molecule has 4 aromatic rings. The molecule has 5 N–H and O–H groups in total. The summed E-state index contributed by atoms with van der Waals surface area (Å²) in [6, 6.07) is 7.43. The molecule has 1 spiro atoms. The average molecular weight is 858 g/mol. The lowest BCUT2D eigenvalue weighted by Crippen LogP contribution is -2.58. The Morgan fingerprint density at radius 3 is 2.21 bits per heavy atom. The molecule has 0 bridgehead atoms. The third-order valence-electron chi connectivity index (χ3n) is 8.72. The van der Waals surface area contributed by atoms with Crippen LogP contribution in [0, 0.1) is 6.92 Å². The molecule has 0 unspecified atom stereocenters. The van der Waals surface area contributed by atoms with Gasteiger partial charge in [0, 0.05) is 55.6 Å². The number of hydrogen-bond donors (Lipinski definition) is 5. The normalized spacial score (nSPS) is 16.4. The van der Waals surface area contributed by atoms with Gasteiger partial charge in [0.1, 0.15) is 17.0 Å². The third kappa shape index (κ3) is 11.9. The number of aromatic hydroxyl groups is 1. The number of H-pyrrole nitrogens is 1. The summed E-state index contributed by atoms with van der Waals surface area (Å²) in [4.78, 5) is 57.1. The standard InChI is InChI=1S/C29H35N5O5S3.2C2HF3O2/c1-18-30-21(16-40-18)27(37)34-13-14-39-29(17-34)8-11-33(12-9-29)10-7-19-3-6-24(41-19)32(2)15-23(36)20-4-5-22(35)25-26(20)42-28(38)31-25;2*3-2(4,5)1(6)7/h3-6,16,23,35-36H,7-15,17H2,1-2H3,(H,31,38);2*(H,6,7)/t23-;;/m0../s1. The number of phenolic OH excluding ortho intramolecular Hbond substituents is 1. The van der Waals surface area contributed by atoms with Gasteiger partial charge in [-0.25, -0.2) is 14.6 Å². The number of carbonyl (C=O) groups is 3. The Balaban J connectivity index is 0.000000425. The Morgan fingerprint density at radius 2 is 1.64 bits per heavy atom. The van der Waals surface area contributed by atoms with Crippen LogP contribution in [0.15, 0.2) is 34.4 Å². The number of rotatable bonds is 8. The molecule has 3 aromatic heterocycles. The summed E-state index contributed by atoms with van der Waals surface area (Å²) < 4.78 is 70.3. The molecule has 1 aromatic carbocycles. The van der Waals surface area contributed by atoms with E-state index in [1.165, 1.54) is 22.3 Å². The van der Waals surface area contributed by atoms with E-state index in [9.17, 15) is 46.1 Å². The summed E-state index contributed by atoms with van der Waals surface area (Å²) in [7, 11) is 1.95. The number of nitrogens with zero attached hydrogens (tertiary/aromatic N) is 4. The van der Waals surface area contributed by atoms with Crippen LogP contribution in [-0.2, 0) is 20.7 Å². The van der Waals surface area contributed by atoms with Gasteiger partial charge in [-0.2, -0.15) is 26.3 Å². The number of thiazole rings is 2. The number of carboxylic acids is 2. The van der Waals surface area contributed by atoms with Gasteiger partial charge in [-0.1, -0.05) is 17.4 Å². The lowest BCUT2D eigenvalue weighted by atomic mass is 9.89. The van der Waals surface area contributed by atoms with E-state index in [-0.39, 0.29) is 22.1 Å². The molecule has 6 rings (SSSR count). The number of likely N-dealkylation sites (tertiary alicyclic amines) is 1. The minimum atomic E-state index is -5.08. The molecular formula is C33H37F6N5O9S3. The highest BCUT2D eigenvalue weighted by atomic mass is 32.1. The van der Waals surface area contributed by atoms with Crippen molar-refractivity contribution in [2.24, 2.45) is 0 Å². The number of amides is 1. The highest BCUT2D eigenvalue weighted by Crippen LogP contribution is 2.34. The number of ether oxygens (including phenoxy) is 1. The number of carbonyl (C=O) groups excluding carboxylic acids is 1. The number of hydrogen-bond acceptors (Lipinski definition) is 13. The number of phenols is 1. The van der Waals surface area contributed by atoms with Crippen LogP contribution in [0.1, 0.15) is 44.9 Å². The van der Waals surface area contributed by atoms with E-state index in [1.54, 1.807) is 17.4 Å². The first kappa shape index (κ1) is 44.4. The molecule has 2 aliphatic heterocycles. The number of thiophene rings is 1. The molecule has 0 saturated carbocycles. The van der Waals surface area contributed by atoms with Gasteiger partial charge in [-0.15, -0.1) is 22.7 Å². The number of benzene rings is 1. The highest BCUT2D eigenvalue weighted by molar-refractivity contribution is 7.16. The number of carboxylic acid groups (broad SMARTS) is 2. The molecule has 0 aliphatic carbocycles. The maximum absolute atomic E-state index is 13.0. The number of aromatic nitrogens is 2. The van der Waals surface area contributed by atoms with Crippen LogP contribution >= 0.6 is 34.0 Å². The molecule has 23 heteroatoms. The monoisotopic (exact) mass is 857 g/mol. The van der Waals surface area contributed by atoms with E-state index in [0.29, 0.717) is 47.7 Å². The summed E-state index contributed by atoms with van der Waals surface area (Å²) >= 11 is 4.23. The van der Waals surface area contributed by atoms with Crippen molar-refractivity contribution >= 4 is 67.1 Å². The number of halogens is 6. The third-order valence-corrected chi connectivity index (χ3v) is 11.7. The Labute approximate surface area is 326 Å². The van der Waals surface area contributed by atoms with E-state index in [1.807, 2.05) is 29.2 Å². The number of aliphatic carboxylic acids is 2. The van der Waals surface area contributed by atoms with Gasteiger partial charge in [0.25, 0.3) is 5.91 Å². The molecule has 2 fully saturated rings. The first-order valence-corrected chi connectivity index (χ1v) is 19.1. The molecule has 0 radical (unpaired) electrons. The molecule has 2 saturated heterocycles. The van der Waals surface area contributed by atoms with Gasteiger partial charge < -0.3 is 44.8 Å². The molecular weight excluding hydrogens is 821 g/mol. The predicted octanol–water partition coefficient (Wildman–Crippen LogP) is 5.11. The fraction of sp³-hybridized carbons (Fsp3) is 0.485. The van der Waals surface area contributed by atoms with Crippen LogP contribution in [-0.4, -0.2) is 129 Å². The quantitative estimate of drug-likeness (QED) is 0.147. The number of anilines is 1. The number of alkyl halides is 6. The van der Waals surface area contributed by atoms with E-state index in [0.717, 1.165) is 60.2 Å². The summed E-state index contributed by atoms with van der Waals surface area (Å²) in [5.41, 5.74) is 1.27. The maximum atomic E-state index is 13.0. The first-order valence-electron chi connectivity index (χ1n) is 16.6. The lowest BCUT2D eigenvalue weighted by molar-refractivity contribution is -0.193. The Bertz CT molecular complexity index is 2020. The van der Waals surface area contributed by atoms with Gasteiger partial charge >= 0.3 is 29.2 Å². The van der Waals surface area contributed by atoms with Crippen molar-refractivity contribution in [2.45, 2.75) is 50.2 Å². The minimum Gasteiger partial charge on any atom is -0.506 e. The van der Waals surface area contributed by atoms with E-state index >= 15 is 0 Å². The number of aryl methyl sites for hydroxylation is 1. The number of morpholine rings is 1. The number of aliphatic hydroxyl groups excluding tert-OH is 1. The van der Waals surface area contributed by atoms with E-state index in [4.69, 9.17) is 24.5 Å². The van der Waals surface area contributed by atoms with Crippen molar-refractivity contribution in [1.29, 1.82) is 0 Å². The van der Waals surface area contributed by atoms with Crippen molar-refractivity contribution < 1.29 is 65.9 Å². The van der Waals surface area contributed by atoms with Crippen LogP contribution < -0.4 is 9.77 Å². The molecule has 1 atom stereocenters. The topological polar surface area (TPSA) is 197 Å². The summed E-state index contributed by atoms with van der Waals surface area (Å²) in [6.07, 6.45) is -8.22. The van der Waals surface area contributed by atoms with Crippen molar-refractivity contribution in [3.63, 3.8) is 0 Å². The summed E-state index contributed by atoms with van der Waals surface area (Å²) in [5.74, 6) is -5.50. The zero-order chi connectivity index (χ0) is 41.6. The number of piperidine rings is 1. The molecule has 5 heterocycles. The van der Waals surface area contributed by atoms with Crippen LogP contribution in [0.2, 0.25) is 0 Å². The van der Waals surface area contributed by atoms with Crippen LogP contribution in [0.4, 0.5) is 31.3 Å². The zero-order valence-electron chi connectivity index (χ0n) is 29.6. The number of nitrogens with one attached hydrogen (secondary N) is 1. The Morgan fingerprint density at radius 1 is 1.02 bits per heavy atom. The minimum absolute atomic E-state index is 0.00416.